The summed E-state index contributed by atoms with van der Waals surface area (Å²) in [6, 6.07) is 0. The molecule has 17 nitrogen and oxygen atoms in total. The fourth-order valence-electron chi connectivity index (χ4n) is 9.71. The molecule has 0 aromatic heterocycles. The van der Waals surface area contributed by atoms with Crippen LogP contribution in [0.3, 0.4) is 0 Å². The van der Waals surface area contributed by atoms with Crippen LogP contribution >= 0.6 is 15.6 Å². The van der Waals surface area contributed by atoms with E-state index in [0.29, 0.717) is 31.6 Å². The highest BCUT2D eigenvalue weighted by molar-refractivity contribution is 7.47. The Morgan fingerprint density at radius 1 is 0.321 bits per heavy atom. The van der Waals surface area contributed by atoms with Crippen LogP contribution in [0.4, 0.5) is 0 Å². The Kier molecular flexibility index (Phi) is 56.2. The lowest BCUT2D eigenvalue weighted by Gasteiger charge is -2.21. The molecule has 0 aromatic rings. The van der Waals surface area contributed by atoms with Crippen LogP contribution in [0, 0.1) is 11.8 Å². The summed E-state index contributed by atoms with van der Waals surface area (Å²) in [7, 11) is -9.88. The third-order valence-corrected chi connectivity index (χ3v) is 16.9. The van der Waals surface area contributed by atoms with Crippen LogP contribution in [-0.4, -0.2) is 96.7 Å². The van der Waals surface area contributed by atoms with Crippen molar-refractivity contribution in [3.05, 3.63) is 0 Å². The number of phosphoric ester groups is 2. The Hall–Kier alpha value is -1.94. The number of unbranched alkanes of at least 4 members (excludes halogenated alkanes) is 34. The van der Waals surface area contributed by atoms with E-state index in [1.165, 1.54) is 135 Å². The summed E-state index contributed by atoms with van der Waals surface area (Å²) in [6.07, 6.45) is 40.4. The van der Waals surface area contributed by atoms with Crippen molar-refractivity contribution in [3.8, 4) is 0 Å². The topological polar surface area (TPSA) is 237 Å². The molecule has 0 saturated heterocycles. The maximum absolute atomic E-state index is 13.0. The molecule has 0 amide bonds. The molecule has 0 fully saturated rings. The van der Waals surface area contributed by atoms with Gasteiger partial charge in [-0.15, -0.1) is 0 Å². The van der Waals surface area contributed by atoms with E-state index >= 15 is 0 Å². The van der Waals surface area contributed by atoms with Crippen molar-refractivity contribution in [3.63, 3.8) is 0 Å². The van der Waals surface area contributed by atoms with E-state index in [9.17, 15) is 43.2 Å². The number of carbonyl (C=O) groups excluding carboxylic acids is 4. The van der Waals surface area contributed by atoms with Gasteiger partial charge < -0.3 is 33.8 Å². The average molecular weight is 1240 g/mol. The van der Waals surface area contributed by atoms with E-state index < -0.39 is 97.5 Å². The number of rotatable bonds is 64. The van der Waals surface area contributed by atoms with Gasteiger partial charge >= 0.3 is 39.5 Å². The molecule has 0 saturated carbocycles. The van der Waals surface area contributed by atoms with Crippen molar-refractivity contribution in [1.29, 1.82) is 0 Å². The van der Waals surface area contributed by atoms with E-state index in [1.54, 1.807) is 0 Å². The van der Waals surface area contributed by atoms with E-state index in [1.807, 2.05) is 0 Å². The minimum Gasteiger partial charge on any atom is -0.462 e. The van der Waals surface area contributed by atoms with Crippen molar-refractivity contribution in [2.24, 2.45) is 11.8 Å². The molecule has 0 radical (unpaired) electrons. The van der Waals surface area contributed by atoms with Crippen LogP contribution in [0.25, 0.3) is 0 Å². The molecule has 0 aromatic carbocycles. The second-order valence-electron chi connectivity index (χ2n) is 24.5. The first-order valence-corrected chi connectivity index (χ1v) is 37.0. The van der Waals surface area contributed by atoms with E-state index in [0.717, 1.165) is 102 Å². The van der Waals surface area contributed by atoms with Gasteiger partial charge in [-0.25, -0.2) is 9.13 Å². The molecule has 0 heterocycles. The molecule has 2 unspecified atom stereocenters. The summed E-state index contributed by atoms with van der Waals surface area (Å²) < 4.78 is 68.0. The Bertz CT molecular complexity index is 1650. The average Bonchev–Trinajstić information content (AvgIpc) is 3.60. The van der Waals surface area contributed by atoms with Gasteiger partial charge in [0.25, 0.3) is 0 Å². The molecule has 19 heteroatoms. The molecule has 0 aliphatic carbocycles. The molecule has 0 spiro atoms. The third kappa shape index (κ3) is 59.0. The molecule has 3 N–H and O–H groups in total. The molecular weight excluding hydrogens is 1110 g/mol. The highest BCUT2D eigenvalue weighted by Gasteiger charge is 2.30. The zero-order chi connectivity index (χ0) is 62.2. The van der Waals surface area contributed by atoms with Gasteiger partial charge in [-0.1, -0.05) is 273 Å². The van der Waals surface area contributed by atoms with E-state index in [-0.39, 0.29) is 25.7 Å². The maximum atomic E-state index is 13.0. The number of esters is 4. The number of aliphatic hydroxyl groups is 1. The van der Waals surface area contributed by atoms with Gasteiger partial charge in [-0.2, -0.15) is 0 Å². The summed E-state index contributed by atoms with van der Waals surface area (Å²) in [5.74, 6) is -0.643. The van der Waals surface area contributed by atoms with Crippen LogP contribution < -0.4 is 0 Å². The summed E-state index contributed by atoms with van der Waals surface area (Å²) >= 11 is 0. The first kappa shape index (κ1) is 82.1. The summed E-state index contributed by atoms with van der Waals surface area (Å²) in [4.78, 5) is 72.2. The normalized spacial score (nSPS) is 14.3. The van der Waals surface area contributed by atoms with Crippen molar-refractivity contribution >= 4 is 39.5 Å². The zero-order valence-electron chi connectivity index (χ0n) is 54.2. The fraction of sp³-hybridized carbons (Fsp3) is 0.938. The Morgan fingerprint density at radius 2 is 0.548 bits per heavy atom. The zero-order valence-corrected chi connectivity index (χ0v) is 56.0. The number of hydrogen-bond acceptors (Lipinski definition) is 15. The summed E-state index contributed by atoms with van der Waals surface area (Å²) in [5, 5.41) is 10.5. The van der Waals surface area contributed by atoms with Gasteiger partial charge in [0.1, 0.15) is 19.3 Å². The monoisotopic (exact) mass is 1240 g/mol. The van der Waals surface area contributed by atoms with Crippen molar-refractivity contribution in [2.75, 3.05) is 39.6 Å². The maximum Gasteiger partial charge on any atom is 0.472 e. The van der Waals surface area contributed by atoms with Crippen LogP contribution in [0.5, 0.6) is 0 Å². The minimum atomic E-state index is -4.95. The Morgan fingerprint density at radius 3 is 0.810 bits per heavy atom. The molecule has 5 atom stereocenters. The lowest BCUT2D eigenvalue weighted by atomic mass is 10.0. The number of carbonyl (C=O) groups is 4. The molecule has 0 aliphatic rings. The lowest BCUT2D eigenvalue weighted by Crippen LogP contribution is -2.30. The predicted octanol–water partition coefficient (Wildman–Crippen LogP) is 18.0. The first-order chi connectivity index (χ1) is 40.4. The number of hydrogen-bond donors (Lipinski definition) is 3. The molecular formula is C65H126O17P2. The second-order valence-corrected chi connectivity index (χ2v) is 27.4. The smallest absolute Gasteiger partial charge is 0.462 e. The number of aliphatic hydroxyl groups excluding tert-OH is 1. The van der Waals surface area contributed by atoms with Gasteiger partial charge in [0.2, 0.25) is 0 Å². The Labute approximate surface area is 511 Å². The van der Waals surface area contributed by atoms with Gasteiger partial charge in [-0.3, -0.25) is 37.3 Å². The molecule has 498 valence electrons. The number of phosphoric acid groups is 2. The predicted molar refractivity (Wildman–Crippen MR) is 335 cm³/mol. The van der Waals surface area contributed by atoms with Gasteiger partial charge in [0.05, 0.1) is 26.4 Å². The molecule has 0 rings (SSSR count). The number of ether oxygens (including phenoxy) is 4. The fourth-order valence-corrected chi connectivity index (χ4v) is 11.3. The van der Waals surface area contributed by atoms with Gasteiger partial charge in [-0.05, 0) is 37.5 Å². The van der Waals surface area contributed by atoms with Crippen molar-refractivity contribution < 1.29 is 80.2 Å². The highest BCUT2D eigenvalue weighted by atomic mass is 31.2. The van der Waals surface area contributed by atoms with Crippen LogP contribution in [-0.2, 0) is 65.4 Å². The Balaban J connectivity index is 5.20. The van der Waals surface area contributed by atoms with Crippen LogP contribution in [0.1, 0.15) is 324 Å². The molecule has 84 heavy (non-hydrogen) atoms. The summed E-state index contributed by atoms with van der Waals surface area (Å²) in [5.41, 5.74) is 0. The quantitative estimate of drug-likeness (QED) is 0.0222. The van der Waals surface area contributed by atoms with Crippen LogP contribution in [0.15, 0.2) is 0 Å². The third-order valence-electron chi connectivity index (χ3n) is 15.0. The van der Waals surface area contributed by atoms with Gasteiger partial charge in [0, 0.05) is 25.7 Å². The lowest BCUT2D eigenvalue weighted by molar-refractivity contribution is -0.161. The van der Waals surface area contributed by atoms with E-state index in [4.69, 9.17) is 37.0 Å². The minimum absolute atomic E-state index is 0.105. The molecule has 0 aliphatic heterocycles. The van der Waals surface area contributed by atoms with Crippen molar-refractivity contribution in [1.82, 2.24) is 0 Å². The summed E-state index contributed by atoms with van der Waals surface area (Å²) in [6.45, 7) is 9.43. The standard InChI is InChI=1S/C65H126O17P2/c1-7-9-11-13-15-22-29-35-41-47-62(67)75-53-60(81-64(69)49-43-37-30-23-16-14-12-10-8-2)55-79-83(71,72)77-51-59(66)52-78-84(73,74)80-56-61(54-76-63(68)48-42-36-32-26-28-34-40-46-58(5)6)82-65(70)50-44-38-31-25-21-19-17-18-20-24-27-33-39-45-57(3)4/h57-61,66H,7-56H2,1-6H3,(H,71,72)(H,73,74)/t59-,60+,61+/m0/s1. The van der Waals surface area contributed by atoms with E-state index in [2.05, 4.69) is 41.5 Å². The molecule has 0 bridgehead atoms. The van der Waals surface area contributed by atoms with Crippen molar-refractivity contribution in [2.45, 2.75) is 342 Å². The highest BCUT2D eigenvalue weighted by Crippen LogP contribution is 2.45. The largest absolute Gasteiger partial charge is 0.472 e. The van der Waals surface area contributed by atoms with Crippen LogP contribution in [0.2, 0.25) is 0 Å². The SMILES string of the molecule is CCCCCCCCCCCC(=O)OC[C@H](COP(=O)(O)OC[C@H](O)COP(=O)(O)OC[C@@H](COC(=O)CCCCCCCCCC(C)C)OC(=O)CCCCCCCCCCCCCCCC(C)C)OC(=O)CCCCCCCCCCC. The second kappa shape index (κ2) is 57.5. The first-order valence-electron chi connectivity index (χ1n) is 34.0. The van der Waals surface area contributed by atoms with Gasteiger partial charge in [0.15, 0.2) is 12.2 Å².